The van der Waals surface area contributed by atoms with E-state index in [4.69, 9.17) is 0 Å². The van der Waals surface area contributed by atoms with E-state index in [2.05, 4.69) is 37.8 Å². The lowest BCUT2D eigenvalue weighted by atomic mass is 9.90. The lowest BCUT2D eigenvalue weighted by Crippen LogP contribution is -2.51. The van der Waals surface area contributed by atoms with Crippen LogP contribution in [0, 0.1) is 6.92 Å². The van der Waals surface area contributed by atoms with Gasteiger partial charge in [-0.2, -0.15) is 0 Å². The summed E-state index contributed by atoms with van der Waals surface area (Å²) in [6.45, 7) is 8.40. The van der Waals surface area contributed by atoms with Gasteiger partial charge in [0.2, 0.25) is 0 Å². The molecule has 0 saturated carbocycles. The lowest BCUT2D eigenvalue weighted by molar-refractivity contribution is -0.128. The maximum atomic E-state index is 12.8. The van der Waals surface area contributed by atoms with Gasteiger partial charge in [0.15, 0.2) is 5.78 Å². The molecule has 0 aromatic heterocycles. The lowest BCUT2D eigenvalue weighted by Gasteiger charge is -2.36. The van der Waals surface area contributed by atoms with Gasteiger partial charge < -0.3 is 0 Å². The highest BCUT2D eigenvalue weighted by molar-refractivity contribution is 5.89. The van der Waals surface area contributed by atoms with Gasteiger partial charge >= 0.3 is 0 Å². The molecule has 20 heavy (non-hydrogen) atoms. The summed E-state index contributed by atoms with van der Waals surface area (Å²) in [7, 11) is 0. The number of hydrogen-bond acceptors (Lipinski definition) is 2. The molecule has 0 radical (unpaired) electrons. The normalized spacial score (nSPS) is 17.8. The fourth-order valence-electron chi connectivity index (χ4n) is 3.00. The summed E-state index contributed by atoms with van der Waals surface area (Å²) < 4.78 is 0. The van der Waals surface area contributed by atoms with Gasteiger partial charge in [-0.3, -0.25) is 9.69 Å². The molecule has 1 saturated heterocycles. The van der Waals surface area contributed by atoms with E-state index in [1.165, 1.54) is 36.8 Å². The molecule has 0 aliphatic carbocycles. The van der Waals surface area contributed by atoms with Crippen LogP contribution >= 0.6 is 0 Å². The molecule has 1 aromatic rings. The standard InChI is InChI=1S/C18H27NO/c1-15-10-6-7-11-16(15)14-17(20)18(2,3)19-12-8-4-5-9-13-19/h6-7,10-11H,4-5,8-9,12-14H2,1-3H3. The third-order valence-corrected chi connectivity index (χ3v) is 4.69. The molecular formula is C18H27NO. The van der Waals surface area contributed by atoms with Crippen LogP contribution in [-0.4, -0.2) is 29.3 Å². The van der Waals surface area contributed by atoms with Gasteiger partial charge in [0, 0.05) is 6.42 Å². The van der Waals surface area contributed by atoms with Gasteiger partial charge in [-0.15, -0.1) is 0 Å². The van der Waals surface area contributed by atoms with Crippen molar-refractivity contribution >= 4 is 5.78 Å². The molecule has 1 aliphatic heterocycles. The van der Waals surface area contributed by atoms with Crippen LogP contribution in [0.5, 0.6) is 0 Å². The number of rotatable bonds is 4. The van der Waals surface area contributed by atoms with Crippen LogP contribution in [0.25, 0.3) is 0 Å². The Bertz CT molecular complexity index is 456. The third kappa shape index (κ3) is 3.49. The Morgan fingerprint density at radius 2 is 1.70 bits per heavy atom. The largest absolute Gasteiger partial charge is 0.297 e. The van der Waals surface area contributed by atoms with E-state index in [9.17, 15) is 4.79 Å². The Morgan fingerprint density at radius 3 is 2.30 bits per heavy atom. The van der Waals surface area contributed by atoms with Crippen LogP contribution in [0.4, 0.5) is 0 Å². The molecule has 2 nitrogen and oxygen atoms in total. The number of aryl methyl sites for hydroxylation is 1. The quantitative estimate of drug-likeness (QED) is 0.832. The molecule has 1 fully saturated rings. The first-order chi connectivity index (χ1) is 9.51. The maximum Gasteiger partial charge on any atom is 0.156 e. The minimum atomic E-state index is -0.341. The Balaban J connectivity index is 2.08. The summed E-state index contributed by atoms with van der Waals surface area (Å²) in [6, 6.07) is 8.21. The van der Waals surface area contributed by atoms with Crippen LogP contribution in [0.15, 0.2) is 24.3 Å². The highest BCUT2D eigenvalue weighted by atomic mass is 16.1. The van der Waals surface area contributed by atoms with E-state index in [-0.39, 0.29) is 5.54 Å². The first-order valence-electron chi connectivity index (χ1n) is 7.84. The van der Waals surface area contributed by atoms with Crippen LogP contribution < -0.4 is 0 Å². The Labute approximate surface area is 123 Å². The Hall–Kier alpha value is -1.15. The van der Waals surface area contributed by atoms with Gasteiger partial charge in [-0.25, -0.2) is 0 Å². The fraction of sp³-hybridized carbons (Fsp3) is 0.611. The van der Waals surface area contributed by atoms with Crippen molar-refractivity contribution in [3.63, 3.8) is 0 Å². The zero-order chi connectivity index (χ0) is 14.6. The predicted octanol–water partition coefficient (Wildman–Crippen LogP) is 3.76. The molecule has 0 amide bonds. The van der Waals surface area contributed by atoms with Crippen LogP contribution in [0.1, 0.15) is 50.7 Å². The molecule has 0 spiro atoms. The van der Waals surface area contributed by atoms with Gasteiger partial charge in [0.05, 0.1) is 5.54 Å². The number of ketones is 1. The van der Waals surface area contributed by atoms with Crippen molar-refractivity contribution in [3.05, 3.63) is 35.4 Å². The second kappa shape index (κ2) is 6.53. The summed E-state index contributed by atoms with van der Waals surface area (Å²) in [6.07, 6.45) is 5.61. The number of nitrogens with zero attached hydrogens (tertiary/aromatic N) is 1. The Morgan fingerprint density at radius 1 is 1.10 bits per heavy atom. The second-order valence-electron chi connectivity index (χ2n) is 6.49. The monoisotopic (exact) mass is 273 g/mol. The second-order valence-corrected chi connectivity index (χ2v) is 6.49. The Kier molecular flexibility index (Phi) is 4.98. The van der Waals surface area contributed by atoms with Crippen molar-refractivity contribution < 1.29 is 4.79 Å². The maximum absolute atomic E-state index is 12.8. The molecule has 110 valence electrons. The molecule has 1 aromatic carbocycles. The smallest absolute Gasteiger partial charge is 0.156 e. The average Bonchev–Trinajstić information content (AvgIpc) is 2.70. The zero-order valence-corrected chi connectivity index (χ0v) is 13.1. The number of carbonyl (C=O) groups is 1. The van der Waals surface area contributed by atoms with Crippen LogP contribution in [-0.2, 0) is 11.2 Å². The van der Waals surface area contributed by atoms with Gasteiger partial charge in [-0.05, 0) is 57.8 Å². The van der Waals surface area contributed by atoms with Crippen molar-refractivity contribution in [3.8, 4) is 0 Å². The predicted molar refractivity (Wildman–Crippen MR) is 84.0 cm³/mol. The molecule has 0 bridgehead atoms. The van der Waals surface area contributed by atoms with Gasteiger partial charge in [0.25, 0.3) is 0 Å². The van der Waals surface area contributed by atoms with Crippen molar-refractivity contribution in [2.75, 3.05) is 13.1 Å². The molecule has 0 atom stereocenters. The summed E-state index contributed by atoms with van der Waals surface area (Å²) in [5.74, 6) is 0.341. The summed E-state index contributed by atoms with van der Waals surface area (Å²) in [4.78, 5) is 15.1. The van der Waals surface area contributed by atoms with E-state index >= 15 is 0 Å². The molecular weight excluding hydrogens is 246 g/mol. The topological polar surface area (TPSA) is 20.3 Å². The number of Topliss-reactive ketones (excluding diaryl/α,β-unsaturated/α-hetero) is 1. The number of benzene rings is 1. The van der Waals surface area contributed by atoms with Crippen molar-refractivity contribution in [2.45, 2.75) is 58.4 Å². The third-order valence-electron chi connectivity index (χ3n) is 4.69. The van der Waals surface area contributed by atoms with Gasteiger partial charge in [-0.1, -0.05) is 37.1 Å². The zero-order valence-electron chi connectivity index (χ0n) is 13.1. The van der Waals surface area contributed by atoms with E-state index in [1.807, 2.05) is 12.1 Å². The summed E-state index contributed by atoms with van der Waals surface area (Å²) in [5, 5.41) is 0. The molecule has 0 N–H and O–H groups in total. The van der Waals surface area contributed by atoms with Crippen LogP contribution in [0.2, 0.25) is 0 Å². The molecule has 1 heterocycles. The van der Waals surface area contributed by atoms with Crippen LogP contribution in [0.3, 0.4) is 0 Å². The molecule has 0 unspecified atom stereocenters. The van der Waals surface area contributed by atoms with E-state index < -0.39 is 0 Å². The van der Waals surface area contributed by atoms with Crippen molar-refractivity contribution in [2.24, 2.45) is 0 Å². The molecule has 2 rings (SSSR count). The minimum Gasteiger partial charge on any atom is -0.297 e. The molecule has 2 heteroatoms. The highest BCUT2D eigenvalue weighted by Crippen LogP contribution is 2.23. The first-order valence-corrected chi connectivity index (χ1v) is 7.84. The average molecular weight is 273 g/mol. The van der Waals surface area contributed by atoms with Crippen molar-refractivity contribution in [1.29, 1.82) is 0 Å². The fourth-order valence-corrected chi connectivity index (χ4v) is 3.00. The van der Waals surface area contributed by atoms with E-state index in [0.717, 1.165) is 13.1 Å². The number of likely N-dealkylation sites (tertiary alicyclic amines) is 1. The number of hydrogen-bond donors (Lipinski definition) is 0. The summed E-state index contributed by atoms with van der Waals surface area (Å²) in [5.41, 5.74) is 2.04. The summed E-state index contributed by atoms with van der Waals surface area (Å²) >= 11 is 0. The molecule has 1 aliphatic rings. The SMILES string of the molecule is Cc1ccccc1CC(=O)C(C)(C)N1CCCCCC1. The number of carbonyl (C=O) groups excluding carboxylic acids is 1. The minimum absolute atomic E-state index is 0.341. The van der Waals surface area contributed by atoms with Gasteiger partial charge in [0.1, 0.15) is 0 Å². The van der Waals surface area contributed by atoms with Crippen molar-refractivity contribution in [1.82, 2.24) is 4.90 Å². The van der Waals surface area contributed by atoms with E-state index in [0.29, 0.717) is 12.2 Å². The highest BCUT2D eigenvalue weighted by Gasteiger charge is 2.34. The first kappa shape index (κ1) is 15.2. The van der Waals surface area contributed by atoms with E-state index in [1.54, 1.807) is 0 Å².